The number of hydrogen-bond donors (Lipinski definition) is 1. The van der Waals surface area contributed by atoms with Crippen LogP contribution in [0.15, 0.2) is 54.6 Å². The van der Waals surface area contributed by atoms with Crippen molar-refractivity contribution in [2.75, 3.05) is 13.7 Å². The van der Waals surface area contributed by atoms with Crippen LogP contribution in [0.3, 0.4) is 0 Å². The smallest absolute Gasteiger partial charge is 0.410 e. The molecule has 0 aliphatic carbocycles. The number of carbonyl (C=O) groups is 3. The van der Waals surface area contributed by atoms with Crippen LogP contribution in [0.2, 0.25) is 0 Å². The lowest BCUT2D eigenvalue weighted by atomic mass is 10.0. The van der Waals surface area contributed by atoms with Crippen molar-refractivity contribution < 1.29 is 23.9 Å². The Bertz CT molecular complexity index is 898. The Morgan fingerprint density at radius 3 is 2.45 bits per heavy atom. The van der Waals surface area contributed by atoms with E-state index in [-0.39, 0.29) is 12.5 Å². The molecule has 0 aromatic heterocycles. The van der Waals surface area contributed by atoms with Crippen molar-refractivity contribution >= 4 is 18.0 Å². The lowest BCUT2D eigenvalue weighted by Gasteiger charge is -2.25. The molecule has 3 rings (SSSR count). The molecule has 7 nitrogen and oxygen atoms in total. The van der Waals surface area contributed by atoms with Gasteiger partial charge in [0.1, 0.15) is 18.7 Å². The Kier molecular flexibility index (Phi) is 7.65. The molecule has 2 aromatic carbocycles. The van der Waals surface area contributed by atoms with Gasteiger partial charge in [-0.05, 0) is 30.9 Å². The highest BCUT2D eigenvalue weighted by atomic mass is 16.6. The van der Waals surface area contributed by atoms with Crippen LogP contribution < -0.4 is 5.32 Å². The van der Waals surface area contributed by atoms with Crippen molar-refractivity contribution in [2.45, 2.75) is 44.9 Å². The molecular formula is C24H28N2O5. The Balaban J connectivity index is 1.62. The van der Waals surface area contributed by atoms with Crippen LogP contribution in [0.4, 0.5) is 4.79 Å². The standard InChI is InChI=1S/C24H28N2O5/c1-17-10-12-18(13-11-17)15-20(23(28)30-2)25-22(27)21-9-6-14-26(21)24(29)31-16-19-7-4-3-5-8-19/h3-5,7-8,10-13,20-21H,6,9,14-16H2,1-2H3,(H,25,27)/t20-,21+/m0/s1. The fraction of sp³-hybridized carbons (Fsp3) is 0.375. The minimum atomic E-state index is -0.831. The van der Waals surface area contributed by atoms with Crippen LogP contribution in [0.1, 0.15) is 29.5 Å². The maximum atomic E-state index is 12.9. The second kappa shape index (κ2) is 10.6. The highest BCUT2D eigenvalue weighted by Gasteiger charge is 2.37. The van der Waals surface area contributed by atoms with Crippen LogP contribution >= 0.6 is 0 Å². The Labute approximate surface area is 182 Å². The van der Waals surface area contributed by atoms with Gasteiger partial charge >= 0.3 is 12.1 Å². The van der Waals surface area contributed by atoms with E-state index >= 15 is 0 Å². The Morgan fingerprint density at radius 1 is 1.06 bits per heavy atom. The van der Waals surface area contributed by atoms with E-state index in [2.05, 4.69) is 5.32 Å². The van der Waals surface area contributed by atoms with E-state index in [1.165, 1.54) is 12.0 Å². The molecule has 31 heavy (non-hydrogen) atoms. The molecule has 164 valence electrons. The molecule has 0 saturated carbocycles. The molecular weight excluding hydrogens is 396 g/mol. The van der Waals surface area contributed by atoms with Crippen LogP contribution in [0.25, 0.3) is 0 Å². The summed E-state index contributed by atoms with van der Waals surface area (Å²) in [6.07, 6.45) is 0.989. The molecule has 0 spiro atoms. The largest absolute Gasteiger partial charge is 0.467 e. The first-order valence-electron chi connectivity index (χ1n) is 10.4. The number of methoxy groups -OCH3 is 1. The van der Waals surface area contributed by atoms with Gasteiger partial charge in [-0.2, -0.15) is 0 Å². The van der Waals surface area contributed by atoms with Gasteiger partial charge in [-0.1, -0.05) is 60.2 Å². The van der Waals surface area contributed by atoms with Gasteiger partial charge in [0.15, 0.2) is 0 Å². The quantitative estimate of drug-likeness (QED) is 0.691. The van der Waals surface area contributed by atoms with Gasteiger partial charge in [-0.3, -0.25) is 9.69 Å². The van der Waals surface area contributed by atoms with Crippen molar-refractivity contribution in [2.24, 2.45) is 0 Å². The zero-order valence-corrected chi connectivity index (χ0v) is 17.9. The van der Waals surface area contributed by atoms with Gasteiger partial charge in [-0.15, -0.1) is 0 Å². The minimum Gasteiger partial charge on any atom is -0.467 e. The van der Waals surface area contributed by atoms with E-state index < -0.39 is 24.1 Å². The maximum Gasteiger partial charge on any atom is 0.410 e. The zero-order valence-electron chi connectivity index (χ0n) is 17.9. The minimum absolute atomic E-state index is 0.142. The third kappa shape index (κ3) is 6.07. The first-order valence-corrected chi connectivity index (χ1v) is 10.4. The average Bonchev–Trinajstić information content (AvgIpc) is 3.29. The van der Waals surface area contributed by atoms with E-state index in [0.717, 1.165) is 16.7 Å². The Hall–Kier alpha value is -3.35. The molecule has 1 aliphatic heterocycles. The van der Waals surface area contributed by atoms with Gasteiger partial charge in [-0.25, -0.2) is 9.59 Å². The molecule has 2 aromatic rings. The summed E-state index contributed by atoms with van der Waals surface area (Å²) in [7, 11) is 1.29. The van der Waals surface area contributed by atoms with Crippen LogP contribution in [-0.2, 0) is 32.1 Å². The van der Waals surface area contributed by atoms with Gasteiger partial charge in [0.2, 0.25) is 5.91 Å². The molecule has 0 unspecified atom stereocenters. The molecule has 1 aliphatic rings. The van der Waals surface area contributed by atoms with Crippen molar-refractivity contribution in [3.05, 3.63) is 71.3 Å². The monoisotopic (exact) mass is 424 g/mol. The summed E-state index contributed by atoms with van der Waals surface area (Å²) in [4.78, 5) is 39.2. The third-order valence-corrected chi connectivity index (χ3v) is 5.36. The number of nitrogens with one attached hydrogen (secondary N) is 1. The molecule has 7 heteroatoms. The van der Waals surface area contributed by atoms with Gasteiger partial charge in [0.05, 0.1) is 7.11 Å². The molecule has 0 radical (unpaired) electrons. The highest BCUT2D eigenvalue weighted by Crippen LogP contribution is 2.20. The summed E-state index contributed by atoms with van der Waals surface area (Å²) in [6, 6.07) is 15.6. The molecule has 1 fully saturated rings. The molecule has 1 saturated heterocycles. The van der Waals surface area contributed by atoms with E-state index in [4.69, 9.17) is 9.47 Å². The van der Waals surface area contributed by atoms with E-state index in [1.54, 1.807) is 0 Å². The molecule has 1 heterocycles. The van der Waals surface area contributed by atoms with E-state index in [1.807, 2.05) is 61.5 Å². The second-order valence-electron chi connectivity index (χ2n) is 7.67. The summed E-state index contributed by atoms with van der Waals surface area (Å²) < 4.78 is 10.3. The van der Waals surface area contributed by atoms with E-state index in [0.29, 0.717) is 25.8 Å². The number of aryl methyl sites for hydroxylation is 1. The van der Waals surface area contributed by atoms with Crippen LogP contribution in [0, 0.1) is 6.92 Å². The number of rotatable bonds is 7. The average molecular weight is 424 g/mol. The fourth-order valence-corrected chi connectivity index (χ4v) is 3.62. The first kappa shape index (κ1) is 22.3. The summed E-state index contributed by atoms with van der Waals surface area (Å²) >= 11 is 0. The van der Waals surface area contributed by atoms with Gasteiger partial charge in [0, 0.05) is 13.0 Å². The number of nitrogens with zero attached hydrogens (tertiary/aromatic N) is 1. The fourth-order valence-electron chi connectivity index (χ4n) is 3.62. The maximum absolute atomic E-state index is 12.9. The van der Waals surface area contributed by atoms with Crippen LogP contribution in [-0.4, -0.2) is 48.6 Å². The van der Waals surface area contributed by atoms with Crippen LogP contribution in [0.5, 0.6) is 0 Å². The number of benzene rings is 2. The Morgan fingerprint density at radius 2 is 1.77 bits per heavy atom. The first-order chi connectivity index (χ1) is 15.0. The number of ether oxygens (including phenoxy) is 2. The predicted octanol–water partition coefficient (Wildman–Crippen LogP) is 3.00. The van der Waals surface area contributed by atoms with Crippen molar-refractivity contribution in [1.29, 1.82) is 0 Å². The lowest BCUT2D eigenvalue weighted by Crippen LogP contribution is -2.51. The van der Waals surface area contributed by atoms with Gasteiger partial charge < -0.3 is 14.8 Å². The summed E-state index contributed by atoms with van der Waals surface area (Å²) in [6.45, 7) is 2.56. The molecule has 2 atom stereocenters. The number of likely N-dealkylation sites (tertiary alicyclic amines) is 1. The highest BCUT2D eigenvalue weighted by molar-refractivity contribution is 5.90. The summed E-state index contributed by atoms with van der Waals surface area (Å²) in [5.41, 5.74) is 2.89. The number of carbonyl (C=O) groups excluding carboxylic acids is 3. The van der Waals surface area contributed by atoms with Gasteiger partial charge in [0.25, 0.3) is 0 Å². The molecule has 0 bridgehead atoms. The summed E-state index contributed by atoms with van der Waals surface area (Å²) in [5.74, 6) is -0.901. The molecule has 1 N–H and O–H groups in total. The molecule has 2 amide bonds. The zero-order chi connectivity index (χ0) is 22.2. The second-order valence-corrected chi connectivity index (χ2v) is 7.67. The lowest BCUT2D eigenvalue weighted by molar-refractivity contribution is -0.145. The number of amides is 2. The topological polar surface area (TPSA) is 84.9 Å². The van der Waals surface area contributed by atoms with Crippen molar-refractivity contribution in [3.63, 3.8) is 0 Å². The van der Waals surface area contributed by atoms with Crippen molar-refractivity contribution in [3.8, 4) is 0 Å². The number of hydrogen-bond acceptors (Lipinski definition) is 5. The van der Waals surface area contributed by atoms with E-state index in [9.17, 15) is 14.4 Å². The third-order valence-electron chi connectivity index (χ3n) is 5.36. The predicted molar refractivity (Wildman–Crippen MR) is 115 cm³/mol. The van der Waals surface area contributed by atoms with Crippen molar-refractivity contribution in [1.82, 2.24) is 10.2 Å². The number of esters is 1. The SMILES string of the molecule is COC(=O)[C@H](Cc1ccc(C)cc1)NC(=O)[C@H]1CCCN1C(=O)OCc1ccccc1. The summed E-state index contributed by atoms with van der Waals surface area (Å²) in [5, 5.41) is 2.77. The normalized spacial score (nSPS) is 16.5.